The largest absolute Gasteiger partial charge is 0.508 e. The molecular formula is C11H15NO. The van der Waals surface area contributed by atoms with E-state index in [0.29, 0.717) is 17.6 Å². The second-order valence-electron chi connectivity index (χ2n) is 4.00. The molecule has 1 aliphatic rings. The highest BCUT2D eigenvalue weighted by atomic mass is 16.3. The SMILES string of the molecule is CC(C)C1CNc2cc(O)ccc21. The Hall–Kier alpha value is -1.18. The number of rotatable bonds is 1. The molecule has 0 aromatic heterocycles. The van der Waals surface area contributed by atoms with Crippen molar-refractivity contribution in [3.05, 3.63) is 23.8 Å². The van der Waals surface area contributed by atoms with Gasteiger partial charge < -0.3 is 10.4 Å². The van der Waals surface area contributed by atoms with E-state index in [9.17, 15) is 5.11 Å². The molecule has 0 aliphatic carbocycles. The quantitative estimate of drug-likeness (QED) is 0.691. The second kappa shape index (κ2) is 2.95. The lowest BCUT2D eigenvalue weighted by atomic mass is 9.90. The van der Waals surface area contributed by atoms with Crippen LogP contribution in [0.25, 0.3) is 0 Å². The molecule has 2 rings (SSSR count). The van der Waals surface area contributed by atoms with Crippen molar-refractivity contribution >= 4 is 5.69 Å². The van der Waals surface area contributed by atoms with Crippen LogP contribution in [0.5, 0.6) is 5.75 Å². The van der Waals surface area contributed by atoms with Gasteiger partial charge in [0.05, 0.1) is 0 Å². The van der Waals surface area contributed by atoms with Crippen LogP contribution in [0.3, 0.4) is 0 Å². The van der Waals surface area contributed by atoms with Crippen LogP contribution in [0, 0.1) is 5.92 Å². The third-order valence-electron chi connectivity index (χ3n) is 2.75. The first kappa shape index (κ1) is 8.42. The monoisotopic (exact) mass is 177 g/mol. The zero-order chi connectivity index (χ0) is 9.42. The zero-order valence-electron chi connectivity index (χ0n) is 8.04. The van der Waals surface area contributed by atoms with Gasteiger partial charge in [0.15, 0.2) is 0 Å². The van der Waals surface area contributed by atoms with Crippen LogP contribution in [-0.2, 0) is 0 Å². The van der Waals surface area contributed by atoms with Crippen LogP contribution in [0.2, 0.25) is 0 Å². The van der Waals surface area contributed by atoms with E-state index in [1.807, 2.05) is 6.07 Å². The molecule has 1 heterocycles. The predicted octanol–water partition coefficient (Wildman–Crippen LogP) is 2.56. The summed E-state index contributed by atoms with van der Waals surface area (Å²) in [4.78, 5) is 0. The van der Waals surface area contributed by atoms with E-state index in [4.69, 9.17) is 0 Å². The number of nitrogens with one attached hydrogen (secondary N) is 1. The lowest BCUT2D eigenvalue weighted by molar-refractivity contribution is 0.475. The maximum absolute atomic E-state index is 9.28. The first-order chi connectivity index (χ1) is 6.18. The molecule has 70 valence electrons. The highest BCUT2D eigenvalue weighted by Gasteiger charge is 2.24. The summed E-state index contributed by atoms with van der Waals surface area (Å²) in [6.07, 6.45) is 0. The fourth-order valence-corrected chi connectivity index (χ4v) is 1.95. The van der Waals surface area contributed by atoms with Crippen LogP contribution in [0.1, 0.15) is 25.3 Å². The summed E-state index contributed by atoms with van der Waals surface area (Å²) in [6.45, 7) is 5.46. The Bertz CT molecular complexity index is 320. The molecule has 0 fully saturated rings. The van der Waals surface area contributed by atoms with Gasteiger partial charge in [0.1, 0.15) is 5.75 Å². The molecule has 0 saturated carbocycles. The third kappa shape index (κ3) is 1.37. The van der Waals surface area contributed by atoms with Crippen LogP contribution in [0.15, 0.2) is 18.2 Å². The minimum absolute atomic E-state index is 0.343. The molecule has 1 unspecified atom stereocenters. The number of hydrogen-bond donors (Lipinski definition) is 2. The van der Waals surface area contributed by atoms with Crippen molar-refractivity contribution in [2.45, 2.75) is 19.8 Å². The topological polar surface area (TPSA) is 32.3 Å². The van der Waals surface area contributed by atoms with Gasteiger partial charge in [0.25, 0.3) is 0 Å². The third-order valence-corrected chi connectivity index (χ3v) is 2.75. The van der Waals surface area contributed by atoms with Gasteiger partial charge in [-0.05, 0) is 17.5 Å². The maximum Gasteiger partial charge on any atom is 0.117 e. The number of aromatic hydroxyl groups is 1. The van der Waals surface area contributed by atoms with Gasteiger partial charge in [-0.1, -0.05) is 19.9 Å². The van der Waals surface area contributed by atoms with E-state index in [0.717, 1.165) is 12.2 Å². The number of anilines is 1. The molecule has 2 N–H and O–H groups in total. The van der Waals surface area contributed by atoms with Gasteiger partial charge in [-0.2, -0.15) is 0 Å². The van der Waals surface area contributed by atoms with E-state index >= 15 is 0 Å². The normalized spacial score (nSPS) is 20.1. The van der Waals surface area contributed by atoms with Crippen molar-refractivity contribution in [1.82, 2.24) is 0 Å². The molecule has 0 spiro atoms. The summed E-state index contributed by atoms with van der Waals surface area (Å²) in [6, 6.07) is 5.59. The average Bonchev–Trinajstić information content (AvgIpc) is 2.46. The number of benzene rings is 1. The number of phenolic OH excluding ortho intramolecular Hbond substituents is 1. The predicted molar refractivity (Wildman–Crippen MR) is 54.2 cm³/mol. The van der Waals surface area contributed by atoms with Crippen molar-refractivity contribution in [2.24, 2.45) is 5.92 Å². The van der Waals surface area contributed by atoms with Gasteiger partial charge in [-0.3, -0.25) is 0 Å². The Morgan fingerprint density at radius 1 is 1.46 bits per heavy atom. The highest BCUT2D eigenvalue weighted by molar-refractivity contribution is 5.60. The summed E-state index contributed by atoms with van der Waals surface area (Å²) < 4.78 is 0. The number of phenols is 1. The molecule has 0 saturated heterocycles. The summed E-state index contributed by atoms with van der Waals surface area (Å²) in [5.74, 6) is 1.59. The highest BCUT2D eigenvalue weighted by Crippen LogP contribution is 2.37. The van der Waals surface area contributed by atoms with Crippen molar-refractivity contribution in [3.8, 4) is 5.75 Å². The fraction of sp³-hybridized carbons (Fsp3) is 0.455. The smallest absolute Gasteiger partial charge is 0.117 e. The van der Waals surface area contributed by atoms with Gasteiger partial charge in [0, 0.05) is 24.2 Å². The minimum atomic E-state index is 0.343. The molecule has 1 atom stereocenters. The molecule has 13 heavy (non-hydrogen) atoms. The standard InChI is InChI=1S/C11H15NO/c1-7(2)10-6-12-11-5-8(13)3-4-9(10)11/h3-5,7,10,12-13H,6H2,1-2H3. The van der Waals surface area contributed by atoms with Crippen LogP contribution in [0.4, 0.5) is 5.69 Å². The van der Waals surface area contributed by atoms with Crippen LogP contribution < -0.4 is 5.32 Å². The fourth-order valence-electron chi connectivity index (χ4n) is 1.95. The lowest BCUT2D eigenvalue weighted by Crippen LogP contribution is -2.08. The first-order valence-corrected chi connectivity index (χ1v) is 4.75. The first-order valence-electron chi connectivity index (χ1n) is 4.75. The summed E-state index contributed by atoms with van der Waals surface area (Å²) in [5, 5.41) is 12.6. The summed E-state index contributed by atoms with van der Waals surface area (Å²) in [7, 11) is 0. The summed E-state index contributed by atoms with van der Waals surface area (Å²) in [5.41, 5.74) is 2.44. The zero-order valence-corrected chi connectivity index (χ0v) is 8.04. The minimum Gasteiger partial charge on any atom is -0.508 e. The number of hydrogen-bond acceptors (Lipinski definition) is 2. The second-order valence-corrected chi connectivity index (χ2v) is 4.00. The Balaban J connectivity index is 2.38. The number of fused-ring (bicyclic) bond motifs is 1. The molecule has 1 aromatic carbocycles. The van der Waals surface area contributed by atoms with Crippen molar-refractivity contribution < 1.29 is 5.11 Å². The van der Waals surface area contributed by atoms with Gasteiger partial charge in [-0.15, -0.1) is 0 Å². The lowest BCUT2D eigenvalue weighted by Gasteiger charge is -2.13. The van der Waals surface area contributed by atoms with E-state index in [1.54, 1.807) is 12.1 Å². The molecule has 2 nitrogen and oxygen atoms in total. The van der Waals surface area contributed by atoms with Crippen LogP contribution in [-0.4, -0.2) is 11.7 Å². The maximum atomic E-state index is 9.28. The molecule has 0 radical (unpaired) electrons. The average molecular weight is 177 g/mol. The summed E-state index contributed by atoms with van der Waals surface area (Å²) >= 11 is 0. The van der Waals surface area contributed by atoms with E-state index in [1.165, 1.54) is 5.56 Å². The molecule has 0 bridgehead atoms. The van der Waals surface area contributed by atoms with Crippen molar-refractivity contribution in [2.75, 3.05) is 11.9 Å². The van der Waals surface area contributed by atoms with Crippen molar-refractivity contribution in [3.63, 3.8) is 0 Å². The van der Waals surface area contributed by atoms with Crippen LogP contribution >= 0.6 is 0 Å². The Kier molecular flexibility index (Phi) is 1.91. The van der Waals surface area contributed by atoms with E-state index in [2.05, 4.69) is 19.2 Å². The molecule has 0 amide bonds. The Morgan fingerprint density at radius 2 is 2.23 bits per heavy atom. The Labute approximate surface area is 78.6 Å². The Morgan fingerprint density at radius 3 is 2.92 bits per heavy atom. The van der Waals surface area contributed by atoms with E-state index in [-0.39, 0.29) is 0 Å². The molecule has 2 heteroatoms. The van der Waals surface area contributed by atoms with Crippen molar-refractivity contribution in [1.29, 1.82) is 0 Å². The molecular weight excluding hydrogens is 162 g/mol. The van der Waals surface area contributed by atoms with Gasteiger partial charge in [0.2, 0.25) is 0 Å². The molecule has 1 aromatic rings. The molecule has 1 aliphatic heterocycles. The van der Waals surface area contributed by atoms with Gasteiger partial charge in [-0.25, -0.2) is 0 Å². The van der Waals surface area contributed by atoms with Gasteiger partial charge >= 0.3 is 0 Å². The van der Waals surface area contributed by atoms with E-state index < -0.39 is 0 Å².